The maximum Gasteiger partial charge on any atom is 0.404 e. The Bertz CT molecular complexity index is 980. The Balaban J connectivity index is 1.95. The second-order valence-electron chi connectivity index (χ2n) is 5.80. The van der Waals surface area contributed by atoms with E-state index in [1.807, 2.05) is 0 Å². The highest BCUT2D eigenvalue weighted by atomic mass is 79.9. The Morgan fingerprint density at radius 1 is 1.28 bits per heavy atom. The van der Waals surface area contributed by atoms with E-state index in [-0.39, 0.29) is 29.6 Å². The average molecular weight is 430 g/mol. The summed E-state index contributed by atoms with van der Waals surface area (Å²) >= 11 is 3.30. The normalized spacial score (nSPS) is 16.8. The fourth-order valence-corrected chi connectivity index (χ4v) is 4.96. The second kappa shape index (κ2) is 6.77. The number of sulfonamides is 1. The molecule has 2 heterocycles. The quantitative estimate of drug-likeness (QED) is 0.685. The lowest BCUT2D eigenvalue weighted by Crippen LogP contribution is -2.46. The third-order valence-electron chi connectivity index (χ3n) is 4.23. The van der Waals surface area contributed by atoms with E-state index in [1.165, 1.54) is 10.5 Å². The first-order chi connectivity index (χ1) is 11.8. The number of halogens is 1. The number of fused-ring (bicyclic) bond motifs is 1. The highest BCUT2D eigenvalue weighted by molar-refractivity contribution is 9.10. The van der Waals surface area contributed by atoms with Crippen molar-refractivity contribution >= 4 is 42.8 Å². The van der Waals surface area contributed by atoms with Crippen LogP contribution in [0.3, 0.4) is 0 Å². The molecule has 10 heteroatoms. The molecule has 0 saturated carbocycles. The van der Waals surface area contributed by atoms with Gasteiger partial charge in [-0.05, 0) is 31.0 Å². The molecule has 0 bridgehead atoms. The molecule has 134 valence electrons. The van der Waals surface area contributed by atoms with Crippen LogP contribution in [0.15, 0.2) is 38.6 Å². The first-order valence-electron chi connectivity index (χ1n) is 7.59. The van der Waals surface area contributed by atoms with Gasteiger partial charge in [-0.15, -0.1) is 0 Å². The SMILES string of the molecule is O=C(O)NC1CCN(S(=O)(=O)c2c[nH]c(=O)c3ccc(Br)cc23)CC1. The van der Waals surface area contributed by atoms with Crippen LogP contribution in [-0.2, 0) is 10.0 Å². The number of amides is 1. The number of H-pyrrole nitrogens is 1. The van der Waals surface area contributed by atoms with Crippen molar-refractivity contribution in [2.24, 2.45) is 0 Å². The Labute approximate surface area is 152 Å². The number of aromatic amines is 1. The molecule has 0 spiro atoms. The molecule has 3 rings (SSSR count). The number of aromatic nitrogens is 1. The summed E-state index contributed by atoms with van der Waals surface area (Å²) in [6, 6.07) is 4.60. The van der Waals surface area contributed by atoms with Crippen LogP contribution in [0.4, 0.5) is 4.79 Å². The molecular weight excluding hydrogens is 414 g/mol. The van der Waals surface area contributed by atoms with E-state index in [9.17, 15) is 18.0 Å². The lowest BCUT2D eigenvalue weighted by atomic mass is 10.1. The molecule has 2 aromatic rings. The van der Waals surface area contributed by atoms with Crippen molar-refractivity contribution in [3.63, 3.8) is 0 Å². The van der Waals surface area contributed by atoms with Crippen molar-refractivity contribution in [2.75, 3.05) is 13.1 Å². The lowest BCUT2D eigenvalue weighted by Gasteiger charge is -2.31. The second-order valence-corrected chi connectivity index (χ2v) is 8.62. The van der Waals surface area contributed by atoms with E-state index < -0.39 is 16.1 Å². The first-order valence-corrected chi connectivity index (χ1v) is 9.83. The van der Waals surface area contributed by atoms with Crippen molar-refractivity contribution in [2.45, 2.75) is 23.8 Å². The number of pyridine rings is 1. The van der Waals surface area contributed by atoms with Gasteiger partial charge in [-0.1, -0.05) is 15.9 Å². The van der Waals surface area contributed by atoms with Gasteiger partial charge in [-0.2, -0.15) is 4.31 Å². The largest absolute Gasteiger partial charge is 0.465 e. The van der Waals surface area contributed by atoms with Crippen LogP contribution >= 0.6 is 15.9 Å². The van der Waals surface area contributed by atoms with Crippen LogP contribution in [0.5, 0.6) is 0 Å². The van der Waals surface area contributed by atoms with E-state index in [4.69, 9.17) is 5.11 Å². The number of nitrogens with zero attached hydrogens (tertiary/aromatic N) is 1. The van der Waals surface area contributed by atoms with Crippen molar-refractivity contribution in [1.82, 2.24) is 14.6 Å². The van der Waals surface area contributed by atoms with Gasteiger partial charge >= 0.3 is 6.09 Å². The van der Waals surface area contributed by atoms with Crippen LogP contribution < -0.4 is 10.9 Å². The molecule has 1 aliphatic heterocycles. The number of rotatable bonds is 3. The third-order valence-corrected chi connectivity index (χ3v) is 6.66. The van der Waals surface area contributed by atoms with Gasteiger partial charge in [0.15, 0.2) is 0 Å². The van der Waals surface area contributed by atoms with E-state index in [0.29, 0.717) is 28.1 Å². The number of hydrogen-bond acceptors (Lipinski definition) is 4. The number of hydrogen-bond donors (Lipinski definition) is 3. The summed E-state index contributed by atoms with van der Waals surface area (Å²) in [5.74, 6) is 0. The first kappa shape index (κ1) is 17.9. The van der Waals surface area contributed by atoms with Gasteiger partial charge < -0.3 is 15.4 Å². The predicted octanol–water partition coefficient (Wildman–Crippen LogP) is 1.71. The summed E-state index contributed by atoms with van der Waals surface area (Å²) < 4.78 is 28.0. The van der Waals surface area contributed by atoms with E-state index >= 15 is 0 Å². The molecule has 25 heavy (non-hydrogen) atoms. The van der Waals surface area contributed by atoms with Crippen LogP contribution in [0.2, 0.25) is 0 Å². The molecule has 0 atom stereocenters. The maximum atomic E-state index is 13.0. The third kappa shape index (κ3) is 3.55. The Kier molecular flexibility index (Phi) is 4.85. The smallest absolute Gasteiger partial charge is 0.404 e. The summed E-state index contributed by atoms with van der Waals surface area (Å²) in [5, 5.41) is 11.8. The van der Waals surface area contributed by atoms with Gasteiger partial charge in [-0.3, -0.25) is 4.79 Å². The number of carbonyl (C=O) groups is 1. The highest BCUT2D eigenvalue weighted by Crippen LogP contribution is 2.27. The summed E-state index contributed by atoms with van der Waals surface area (Å²) in [4.78, 5) is 25.2. The van der Waals surface area contributed by atoms with Gasteiger partial charge in [0.05, 0.1) is 0 Å². The fraction of sp³-hybridized carbons (Fsp3) is 0.333. The van der Waals surface area contributed by atoms with Gasteiger partial charge in [0, 0.05) is 40.6 Å². The van der Waals surface area contributed by atoms with Crippen LogP contribution in [0.25, 0.3) is 10.8 Å². The zero-order valence-electron chi connectivity index (χ0n) is 13.0. The van der Waals surface area contributed by atoms with Gasteiger partial charge in [0.25, 0.3) is 5.56 Å². The number of piperidine rings is 1. The monoisotopic (exact) mass is 429 g/mol. The van der Waals surface area contributed by atoms with E-state index in [0.717, 1.165) is 0 Å². The Hall–Kier alpha value is -1.91. The molecule has 1 aliphatic rings. The van der Waals surface area contributed by atoms with E-state index in [2.05, 4.69) is 26.2 Å². The lowest BCUT2D eigenvalue weighted by molar-refractivity contribution is 0.183. The minimum Gasteiger partial charge on any atom is -0.465 e. The number of carboxylic acid groups (broad SMARTS) is 1. The Morgan fingerprint density at radius 2 is 1.96 bits per heavy atom. The van der Waals surface area contributed by atoms with Crippen molar-refractivity contribution in [1.29, 1.82) is 0 Å². The molecule has 0 aliphatic carbocycles. The molecule has 1 fully saturated rings. The minimum atomic E-state index is -3.81. The molecule has 0 radical (unpaired) electrons. The summed E-state index contributed by atoms with van der Waals surface area (Å²) in [7, 11) is -3.81. The predicted molar refractivity (Wildman–Crippen MR) is 95.2 cm³/mol. The molecular formula is C15H16BrN3O5S. The van der Waals surface area contributed by atoms with E-state index in [1.54, 1.807) is 18.2 Å². The standard InChI is InChI=1S/C15H16BrN3O5S/c16-9-1-2-11-12(7-9)13(8-17-14(11)20)25(23,24)19-5-3-10(4-6-19)18-15(21)22/h1-2,7-8,10,18H,3-6H2,(H,17,20)(H,21,22). The Morgan fingerprint density at radius 3 is 2.60 bits per heavy atom. The highest BCUT2D eigenvalue weighted by Gasteiger charge is 2.31. The molecule has 8 nitrogen and oxygen atoms in total. The van der Waals surface area contributed by atoms with Crippen molar-refractivity contribution in [3.8, 4) is 0 Å². The van der Waals surface area contributed by atoms with Crippen molar-refractivity contribution in [3.05, 3.63) is 39.2 Å². The zero-order valence-corrected chi connectivity index (χ0v) is 15.4. The van der Waals surface area contributed by atoms with Crippen LogP contribution in [0, 0.1) is 0 Å². The molecule has 1 aromatic carbocycles. The van der Waals surface area contributed by atoms with Gasteiger partial charge in [0.2, 0.25) is 10.0 Å². The molecule has 1 saturated heterocycles. The van der Waals surface area contributed by atoms with Crippen molar-refractivity contribution < 1.29 is 18.3 Å². The maximum absolute atomic E-state index is 13.0. The molecule has 1 amide bonds. The number of benzene rings is 1. The zero-order chi connectivity index (χ0) is 18.2. The van der Waals surface area contributed by atoms with Gasteiger partial charge in [-0.25, -0.2) is 13.2 Å². The van der Waals surface area contributed by atoms with Crippen LogP contribution in [0.1, 0.15) is 12.8 Å². The topological polar surface area (TPSA) is 120 Å². The molecule has 0 unspecified atom stereocenters. The fourth-order valence-electron chi connectivity index (χ4n) is 2.97. The summed E-state index contributed by atoms with van der Waals surface area (Å²) in [5.41, 5.74) is -0.356. The van der Waals surface area contributed by atoms with Crippen LogP contribution in [-0.4, -0.2) is 48.0 Å². The molecule has 1 aromatic heterocycles. The van der Waals surface area contributed by atoms with Gasteiger partial charge in [0.1, 0.15) is 4.90 Å². The average Bonchev–Trinajstić information content (AvgIpc) is 2.54. The summed E-state index contributed by atoms with van der Waals surface area (Å²) in [6.45, 7) is 0.420. The minimum absolute atomic E-state index is 0.0352. The summed E-state index contributed by atoms with van der Waals surface area (Å²) in [6.07, 6.45) is 0.902. The molecule has 3 N–H and O–H groups in total. The number of nitrogens with one attached hydrogen (secondary N) is 2.